The van der Waals surface area contributed by atoms with Crippen molar-refractivity contribution in [3.05, 3.63) is 66.2 Å². The number of carbonyl (C=O) groups is 1. The number of likely N-dealkylation sites (N-methyl/N-ethyl adjacent to an activating group) is 1. The van der Waals surface area contributed by atoms with E-state index in [1.807, 2.05) is 43.4 Å². The quantitative estimate of drug-likeness (QED) is 0.626. The van der Waals surface area contributed by atoms with E-state index in [9.17, 15) is 4.79 Å². The second kappa shape index (κ2) is 11.3. The van der Waals surface area contributed by atoms with Crippen LogP contribution in [0, 0.1) is 0 Å². The minimum Gasteiger partial charge on any atom is -0.381 e. The van der Waals surface area contributed by atoms with E-state index in [0.717, 1.165) is 18.5 Å². The maximum Gasteiger partial charge on any atom is 0.220 e. The summed E-state index contributed by atoms with van der Waals surface area (Å²) in [5.74, 6) is 0.0879. The van der Waals surface area contributed by atoms with Gasteiger partial charge in [0.1, 0.15) is 0 Å². The molecule has 2 rings (SSSR count). The second-order valence-corrected chi connectivity index (χ2v) is 6.55. The van der Waals surface area contributed by atoms with Crippen LogP contribution in [0.2, 0.25) is 0 Å². The zero-order valence-corrected chi connectivity index (χ0v) is 15.9. The van der Waals surface area contributed by atoms with E-state index >= 15 is 0 Å². The number of rotatable bonds is 11. The zero-order chi connectivity index (χ0) is 18.6. The Kier molecular flexibility index (Phi) is 8.70. The highest BCUT2D eigenvalue weighted by molar-refractivity contribution is 5.75. The van der Waals surface area contributed by atoms with Gasteiger partial charge in [-0.3, -0.25) is 4.79 Å². The molecule has 0 saturated heterocycles. The molecule has 0 aromatic heterocycles. The number of benzene rings is 2. The van der Waals surface area contributed by atoms with Crippen LogP contribution in [0.3, 0.4) is 0 Å². The highest BCUT2D eigenvalue weighted by Gasteiger charge is 2.11. The van der Waals surface area contributed by atoms with Crippen molar-refractivity contribution < 1.29 is 9.53 Å². The normalized spacial score (nSPS) is 11.8. The van der Waals surface area contributed by atoms with Crippen LogP contribution in [-0.4, -0.2) is 38.8 Å². The van der Waals surface area contributed by atoms with Gasteiger partial charge in [0.2, 0.25) is 5.91 Å². The number of ether oxygens (including phenoxy) is 1. The summed E-state index contributed by atoms with van der Waals surface area (Å²) < 4.78 is 5.62. The topological polar surface area (TPSA) is 41.6 Å². The smallest absolute Gasteiger partial charge is 0.220 e. The summed E-state index contributed by atoms with van der Waals surface area (Å²) in [6, 6.07) is 20.7. The van der Waals surface area contributed by atoms with E-state index in [1.54, 1.807) is 0 Å². The molecule has 0 radical (unpaired) electrons. The third-order valence-corrected chi connectivity index (χ3v) is 4.49. The lowest BCUT2D eigenvalue weighted by atomic mass is 10.2. The summed E-state index contributed by atoms with van der Waals surface area (Å²) in [7, 11) is 2.05. The van der Waals surface area contributed by atoms with Crippen molar-refractivity contribution in [2.45, 2.75) is 32.2 Å². The lowest BCUT2D eigenvalue weighted by molar-refractivity contribution is -0.121. The Morgan fingerprint density at radius 1 is 1.04 bits per heavy atom. The molecule has 1 unspecified atom stereocenters. The van der Waals surface area contributed by atoms with Gasteiger partial charge in [-0.2, -0.15) is 0 Å². The van der Waals surface area contributed by atoms with Crippen LogP contribution in [0.1, 0.15) is 25.3 Å². The Bertz CT molecular complexity index is 631. The third kappa shape index (κ3) is 7.28. The molecule has 0 saturated carbocycles. The highest BCUT2D eigenvalue weighted by atomic mass is 16.5. The molecule has 1 atom stereocenters. The average molecular weight is 354 g/mol. The standard InChI is InChI=1S/C22H30N2O2/c1-19(24(2)21-12-7-4-8-13-21)18-23-22(25)14-9-16-26-17-15-20-10-5-3-6-11-20/h3-8,10-13,19H,9,14-18H2,1-2H3,(H,23,25). The van der Waals surface area contributed by atoms with Gasteiger partial charge in [-0.25, -0.2) is 0 Å². The number of hydrogen-bond donors (Lipinski definition) is 1. The molecule has 4 nitrogen and oxygen atoms in total. The number of amides is 1. The first-order chi connectivity index (χ1) is 12.7. The number of carbonyl (C=O) groups excluding carboxylic acids is 1. The fourth-order valence-electron chi connectivity index (χ4n) is 2.68. The minimum absolute atomic E-state index is 0.0879. The zero-order valence-electron chi connectivity index (χ0n) is 15.9. The summed E-state index contributed by atoms with van der Waals surface area (Å²) in [6.45, 7) is 4.07. The number of nitrogens with zero attached hydrogens (tertiary/aromatic N) is 1. The molecule has 4 heteroatoms. The fraction of sp³-hybridized carbons (Fsp3) is 0.409. The van der Waals surface area contributed by atoms with E-state index in [0.29, 0.717) is 26.2 Å². The summed E-state index contributed by atoms with van der Waals surface area (Å²) in [6.07, 6.45) is 2.17. The van der Waals surface area contributed by atoms with Gasteiger partial charge in [0.15, 0.2) is 0 Å². The van der Waals surface area contributed by atoms with Gasteiger partial charge in [0.05, 0.1) is 6.61 Å². The van der Waals surface area contributed by atoms with Crippen LogP contribution in [0.25, 0.3) is 0 Å². The molecule has 1 amide bonds. The molecular weight excluding hydrogens is 324 g/mol. The Morgan fingerprint density at radius 3 is 2.38 bits per heavy atom. The molecule has 0 bridgehead atoms. The molecule has 0 spiro atoms. The van der Waals surface area contributed by atoms with Gasteiger partial charge in [0, 0.05) is 38.3 Å². The van der Waals surface area contributed by atoms with E-state index in [-0.39, 0.29) is 11.9 Å². The highest BCUT2D eigenvalue weighted by Crippen LogP contribution is 2.13. The first kappa shape index (κ1) is 20.0. The molecule has 0 aliphatic carbocycles. The lowest BCUT2D eigenvalue weighted by Gasteiger charge is -2.27. The minimum atomic E-state index is 0.0879. The molecular formula is C22H30N2O2. The van der Waals surface area contributed by atoms with Gasteiger partial charge in [-0.15, -0.1) is 0 Å². The Labute approximate surface area is 157 Å². The maximum absolute atomic E-state index is 12.0. The first-order valence-corrected chi connectivity index (χ1v) is 9.33. The molecule has 140 valence electrons. The molecule has 0 aliphatic rings. The van der Waals surface area contributed by atoms with Crippen LogP contribution in [0.15, 0.2) is 60.7 Å². The van der Waals surface area contributed by atoms with E-state index < -0.39 is 0 Å². The van der Waals surface area contributed by atoms with Crippen LogP contribution in [0.4, 0.5) is 5.69 Å². The van der Waals surface area contributed by atoms with Crippen LogP contribution >= 0.6 is 0 Å². The molecule has 26 heavy (non-hydrogen) atoms. The van der Waals surface area contributed by atoms with Crippen molar-refractivity contribution in [2.24, 2.45) is 0 Å². The van der Waals surface area contributed by atoms with Gasteiger partial charge in [-0.05, 0) is 37.5 Å². The lowest BCUT2D eigenvalue weighted by Crippen LogP contribution is -2.40. The Balaban J connectivity index is 1.53. The molecule has 0 heterocycles. The summed E-state index contributed by atoms with van der Waals surface area (Å²) in [5, 5.41) is 3.01. The van der Waals surface area contributed by atoms with Crippen molar-refractivity contribution in [1.82, 2.24) is 5.32 Å². The van der Waals surface area contributed by atoms with E-state index in [1.165, 1.54) is 5.56 Å². The third-order valence-electron chi connectivity index (χ3n) is 4.49. The summed E-state index contributed by atoms with van der Waals surface area (Å²) in [4.78, 5) is 14.1. The van der Waals surface area contributed by atoms with Crippen molar-refractivity contribution in [2.75, 3.05) is 31.7 Å². The number of hydrogen-bond acceptors (Lipinski definition) is 3. The van der Waals surface area contributed by atoms with E-state index in [2.05, 4.69) is 41.4 Å². The first-order valence-electron chi connectivity index (χ1n) is 9.33. The van der Waals surface area contributed by atoms with Crippen molar-refractivity contribution in [3.63, 3.8) is 0 Å². The largest absolute Gasteiger partial charge is 0.381 e. The molecule has 0 fully saturated rings. The van der Waals surface area contributed by atoms with Gasteiger partial charge >= 0.3 is 0 Å². The summed E-state index contributed by atoms with van der Waals surface area (Å²) >= 11 is 0. The average Bonchev–Trinajstić information content (AvgIpc) is 2.69. The monoisotopic (exact) mass is 354 g/mol. The maximum atomic E-state index is 12.0. The van der Waals surface area contributed by atoms with E-state index in [4.69, 9.17) is 4.74 Å². The second-order valence-electron chi connectivity index (χ2n) is 6.55. The van der Waals surface area contributed by atoms with Crippen molar-refractivity contribution in [1.29, 1.82) is 0 Å². The van der Waals surface area contributed by atoms with Gasteiger partial charge in [0.25, 0.3) is 0 Å². The summed E-state index contributed by atoms with van der Waals surface area (Å²) in [5.41, 5.74) is 2.43. The number of para-hydroxylation sites is 1. The van der Waals surface area contributed by atoms with Crippen LogP contribution in [-0.2, 0) is 16.0 Å². The number of nitrogens with one attached hydrogen (secondary N) is 1. The molecule has 2 aromatic rings. The predicted molar refractivity (Wildman–Crippen MR) is 108 cm³/mol. The SMILES string of the molecule is CC(CNC(=O)CCCOCCc1ccccc1)N(C)c1ccccc1. The van der Waals surface area contributed by atoms with Gasteiger partial charge in [-0.1, -0.05) is 48.5 Å². The van der Waals surface area contributed by atoms with Gasteiger partial charge < -0.3 is 15.0 Å². The molecule has 2 aromatic carbocycles. The van der Waals surface area contributed by atoms with Crippen molar-refractivity contribution >= 4 is 11.6 Å². The van der Waals surface area contributed by atoms with Crippen LogP contribution < -0.4 is 10.2 Å². The number of anilines is 1. The fourth-order valence-corrected chi connectivity index (χ4v) is 2.68. The predicted octanol–water partition coefficient (Wildman–Crippen LogP) is 3.67. The molecule has 0 aliphatic heterocycles. The van der Waals surface area contributed by atoms with Crippen molar-refractivity contribution in [3.8, 4) is 0 Å². The Hall–Kier alpha value is -2.33. The molecule has 1 N–H and O–H groups in total. The van der Waals surface area contributed by atoms with Crippen LogP contribution in [0.5, 0.6) is 0 Å². The Morgan fingerprint density at radius 2 is 1.69 bits per heavy atom.